The molecular formula is C35H48Si2Zr-6. The number of hydrogen-bond donors (Lipinski definition) is 0. The van der Waals surface area contributed by atoms with Crippen LogP contribution in [0.4, 0.5) is 0 Å². The van der Waals surface area contributed by atoms with Gasteiger partial charge in [0.1, 0.15) is 0 Å². The normalized spacial score (nSPS) is 10.5. The van der Waals surface area contributed by atoms with E-state index in [2.05, 4.69) is 100 Å². The second kappa shape index (κ2) is 21.5. The summed E-state index contributed by atoms with van der Waals surface area (Å²) in [4.78, 5) is 0. The third-order valence-electron chi connectivity index (χ3n) is 6.58. The predicted octanol–water partition coefficient (Wildman–Crippen LogP) is 9.84. The van der Waals surface area contributed by atoms with Crippen LogP contribution < -0.4 is 0 Å². The molecule has 3 heteroatoms. The molecule has 0 amide bonds. The summed E-state index contributed by atoms with van der Waals surface area (Å²) < 4.78 is 0. The number of rotatable bonds is 7. The topological polar surface area (TPSA) is 0 Å². The molecule has 4 aromatic carbocycles. The van der Waals surface area contributed by atoms with Crippen LogP contribution in [0.3, 0.4) is 0 Å². The molecule has 0 N–H and O–H groups in total. The van der Waals surface area contributed by atoms with Crippen LogP contribution in [0.25, 0.3) is 21.9 Å². The first kappa shape index (κ1) is 38.9. The van der Waals surface area contributed by atoms with Gasteiger partial charge in [0.15, 0.2) is 0 Å². The summed E-state index contributed by atoms with van der Waals surface area (Å²) >= 11 is -0.159. The number of fused-ring (bicyclic) bond motifs is 2. The number of unbranched alkanes of at least 4 members (excludes halogenated alkanes) is 2. The monoisotopic (exact) mass is 614 g/mol. The van der Waals surface area contributed by atoms with Crippen molar-refractivity contribution in [2.24, 2.45) is 0 Å². The van der Waals surface area contributed by atoms with Gasteiger partial charge in [0.25, 0.3) is 0 Å². The fourth-order valence-electron chi connectivity index (χ4n) is 4.91. The van der Waals surface area contributed by atoms with Crippen molar-refractivity contribution >= 4 is 24.5 Å². The molecule has 0 bridgehead atoms. The van der Waals surface area contributed by atoms with E-state index in [4.69, 9.17) is 0 Å². The van der Waals surface area contributed by atoms with Gasteiger partial charge in [-0.15, -0.1) is 28.5 Å². The third kappa shape index (κ3) is 11.1. The zero-order chi connectivity index (χ0) is 24.2. The fraction of sp³-hybridized carbons (Fsp3) is 0.314. The molecule has 0 heterocycles. The van der Waals surface area contributed by atoms with Crippen molar-refractivity contribution in [1.29, 1.82) is 0 Å². The van der Waals surface area contributed by atoms with E-state index in [-0.39, 0.29) is 50.2 Å². The average Bonchev–Trinajstić information content (AvgIpc) is 3.62. The van der Waals surface area contributed by atoms with E-state index in [1.807, 2.05) is 0 Å². The van der Waals surface area contributed by atoms with Crippen LogP contribution >= 0.6 is 0 Å². The number of aryl methyl sites for hydroxylation is 3. The molecule has 0 aliphatic heterocycles. The van der Waals surface area contributed by atoms with Crippen LogP contribution in [0, 0.1) is 29.7 Å². The molecule has 0 aromatic heterocycles. The van der Waals surface area contributed by atoms with Crippen molar-refractivity contribution in [3.63, 3.8) is 0 Å². The van der Waals surface area contributed by atoms with Crippen LogP contribution in [0.1, 0.15) is 68.2 Å². The van der Waals surface area contributed by atoms with Crippen LogP contribution in [-0.4, -0.2) is 13.8 Å². The zero-order valence-electron chi connectivity index (χ0n) is 24.8. The molecule has 0 fully saturated rings. The van der Waals surface area contributed by atoms with Crippen LogP contribution in [-0.2, 0) is 46.2 Å². The van der Waals surface area contributed by atoms with Gasteiger partial charge in [0.2, 0.25) is 0 Å². The maximum atomic E-state index is 3.27. The average molecular weight is 616 g/mol. The summed E-state index contributed by atoms with van der Waals surface area (Å²) in [7, 11) is 0. The molecule has 38 heavy (non-hydrogen) atoms. The molecular weight excluding hydrogens is 568 g/mol. The standard InChI is InChI=1S/C22H23.C9H13.4CH3.2Si.Zr/c1-2-3-8-16-13-19-15-18-11-7-12-20(18)22(21(19)14-16)17-9-5-4-6-10-17;1-2-3-6-9-7-4-5-8-9;;;;;;;/h4-6,9-10,13-15H,2-3,7-8,11-12H2,1H3;4-5,7-8H,2-3,6H2,1H3;4*1H3;;;/q6*-1;;;. The molecule has 0 saturated heterocycles. The van der Waals surface area contributed by atoms with Crippen LogP contribution in [0.15, 0.2) is 72.8 Å². The SMILES string of the molecule is CCCCc1cc2c(-c3ccccc3)c3c(cc2[cH-]1)CCC3.CCCCc1cc[cH-]c1.[CH3-].[CH3-].[CH3-].[CH3-].[Si]=[Zr]=[Si]. The molecule has 0 atom stereocenters. The molecule has 1 aliphatic rings. The van der Waals surface area contributed by atoms with E-state index < -0.39 is 0 Å². The maximum absolute atomic E-state index is 3.27. The van der Waals surface area contributed by atoms with Gasteiger partial charge in [-0.1, -0.05) is 93.0 Å². The van der Waals surface area contributed by atoms with Gasteiger partial charge in [-0.25, -0.2) is 6.07 Å². The van der Waals surface area contributed by atoms with E-state index in [1.54, 1.807) is 11.1 Å². The van der Waals surface area contributed by atoms with Gasteiger partial charge in [-0.2, -0.15) is 29.8 Å². The Hall–Kier alpha value is -1.28. The van der Waals surface area contributed by atoms with Gasteiger partial charge >= 0.3 is 34.2 Å². The van der Waals surface area contributed by atoms with Crippen molar-refractivity contribution < 1.29 is 20.5 Å². The zero-order valence-corrected chi connectivity index (χ0v) is 29.3. The Kier molecular flexibility index (Phi) is 22.0. The second-order valence-electron chi connectivity index (χ2n) is 9.10. The Labute approximate surface area is 251 Å². The summed E-state index contributed by atoms with van der Waals surface area (Å²) in [6.07, 6.45) is 11.4. The van der Waals surface area contributed by atoms with E-state index in [0.29, 0.717) is 0 Å². The molecule has 4 radical (unpaired) electrons. The molecule has 5 rings (SSSR count). The molecule has 0 spiro atoms. The first-order valence-electron chi connectivity index (χ1n) is 12.8. The molecule has 1 aliphatic carbocycles. The van der Waals surface area contributed by atoms with Crippen molar-refractivity contribution in [3.8, 4) is 11.1 Å². The summed E-state index contributed by atoms with van der Waals surface area (Å²) in [5.41, 5.74) is 9.08. The molecule has 0 unspecified atom stereocenters. The fourth-order valence-corrected chi connectivity index (χ4v) is 4.91. The summed E-state index contributed by atoms with van der Waals surface area (Å²) in [6, 6.07) is 26.9. The van der Waals surface area contributed by atoms with Gasteiger partial charge < -0.3 is 29.7 Å². The summed E-state index contributed by atoms with van der Waals surface area (Å²) in [5.74, 6) is 0. The summed E-state index contributed by atoms with van der Waals surface area (Å²) in [6.45, 7) is 11.0. The Morgan fingerprint density at radius 1 is 0.842 bits per heavy atom. The minimum atomic E-state index is -0.159. The minimum absolute atomic E-state index is 0. The van der Waals surface area contributed by atoms with E-state index >= 15 is 0 Å². The quantitative estimate of drug-likeness (QED) is 0.143. The Bertz CT molecular complexity index is 1160. The van der Waals surface area contributed by atoms with Gasteiger partial charge in [-0.3, -0.25) is 0 Å². The first-order chi connectivity index (χ1) is 16.7. The molecule has 206 valence electrons. The predicted molar refractivity (Wildman–Crippen MR) is 173 cm³/mol. The van der Waals surface area contributed by atoms with Gasteiger partial charge in [-0.05, 0) is 31.2 Å². The van der Waals surface area contributed by atoms with Crippen molar-refractivity contribution in [2.75, 3.05) is 0 Å². The Morgan fingerprint density at radius 3 is 2.11 bits per heavy atom. The second-order valence-corrected chi connectivity index (χ2v) is 15.6. The van der Waals surface area contributed by atoms with Crippen molar-refractivity contribution in [3.05, 3.63) is 125 Å². The molecule has 0 nitrogen and oxygen atoms in total. The Balaban J connectivity index is 0. The molecule has 0 saturated carbocycles. The molecule has 4 aromatic rings. The van der Waals surface area contributed by atoms with E-state index in [0.717, 1.165) is 0 Å². The van der Waals surface area contributed by atoms with Crippen LogP contribution in [0.5, 0.6) is 0 Å². The van der Waals surface area contributed by atoms with E-state index in [9.17, 15) is 0 Å². The summed E-state index contributed by atoms with van der Waals surface area (Å²) in [5, 5.41) is 2.92. The number of hydrogen-bond acceptors (Lipinski definition) is 0. The van der Waals surface area contributed by atoms with Crippen LogP contribution in [0.2, 0.25) is 0 Å². The van der Waals surface area contributed by atoms with Crippen molar-refractivity contribution in [2.45, 2.75) is 71.6 Å². The third-order valence-corrected chi connectivity index (χ3v) is 6.58. The Morgan fingerprint density at radius 2 is 1.50 bits per heavy atom. The first-order valence-corrected chi connectivity index (χ1v) is 21.2. The van der Waals surface area contributed by atoms with E-state index in [1.165, 1.54) is 90.8 Å². The van der Waals surface area contributed by atoms with Gasteiger partial charge in [0.05, 0.1) is 0 Å². The number of benzene rings is 2. The van der Waals surface area contributed by atoms with Gasteiger partial charge in [0, 0.05) is 0 Å². The van der Waals surface area contributed by atoms with Crippen molar-refractivity contribution in [1.82, 2.24) is 0 Å².